The second kappa shape index (κ2) is 5.61. The molecule has 0 aliphatic heterocycles. The summed E-state index contributed by atoms with van der Waals surface area (Å²) in [6.45, 7) is 11.5. The molecule has 0 atom stereocenters. The molecule has 0 aliphatic rings. The fourth-order valence-electron chi connectivity index (χ4n) is 1.82. The van der Waals surface area contributed by atoms with Crippen molar-refractivity contribution in [1.82, 2.24) is 4.98 Å². The minimum Gasteiger partial charge on any atom is -0.261 e. The van der Waals surface area contributed by atoms with E-state index in [1.54, 1.807) is 0 Å². The topological polar surface area (TPSA) is 12.9 Å². The van der Waals surface area contributed by atoms with Crippen LogP contribution in [0.25, 0.3) is 0 Å². The van der Waals surface area contributed by atoms with Crippen molar-refractivity contribution in [2.75, 3.05) is 0 Å². The first-order chi connectivity index (χ1) is 7.02. The SMILES string of the molecule is Cc1cccnc1CP(C(C)C)C(C)C. The Kier molecular flexibility index (Phi) is 4.73. The molecule has 1 aromatic rings. The first kappa shape index (κ1) is 12.6. The van der Waals surface area contributed by atoms with E-state index in [1.165, 1.54) is 17.4 Å². The van der Waals surface area contributed by atoms with E-state index < -0.39 is 0 Å². The van der Waals surface area contributed by atoms with Gasteiger partial charge in [0.05, 0.1) is 0 Å². The smallest absolute Gasteiger partial charge is 0.0475 e. The number of hydrogen-bond donors (Lipinski definition) is 0. The summed E-state index contributed by atoms with van der Waals surface area (Å²) in [6, 6.07) is 4.18. The van der Waals surface area contributed by atoms with E-state index in [0.717, 1.165) is 11.3 Å². The Labute approximate surface area is 95.1 Å². The Morgan fingerprint density at radius 2 is 1.80 bits per heavy atom. The molecule has 0 unspecified atom stereocenters. The Balaban J connectivity index is 2.79. The molecule has 0 bridgehead atoms. The van der Waals surface area contributed by atoms with Crippen LogP contribution in [-0.4, -0.2) is 16.3 Å². The summed E-state index contributed by atoms with van der Waals surface area (Å²) in [5, 5.41) is 0. The number of rotatable bonds is 4. The van der Waals surface area contributed by atoms with Crippen LogP contribution in [0.1, 0.15) is 39.0 Å². The van der Waals surface area contributed by atoms with E-state index in [-0.39, 0.29) is 7.92 Å². The number of nitrogens with zero attached hydrogens (tertiary/aromatic N) is 1. The monoisotopic (exact) mass is 223 g/mol. The first-order valence-electron chi connectivity index (χ1n) is 5.68. The van der Waals surface area contributed by atoms with Gasteiger partial charge in [-0.15, -0.1) is 0 Å². The van der Waals surface area contributed by atoms with Gasteiger partial charge in [0.25, 0.3) is 0 Å². The fourth-order valence-corrected chi connectivity index (χ4v) is 4.42. The fraction of sp³-hybridized carbons (Fsp3) is 0.615. The summed E-state index contributed by atoms with van der Waals surface area (Å²) in [7, 11) is 0.0664. The van der Waals surface area contributed by atoms with E-state index in [9.17, 15) is 0 Å². The molecule has 84 valence electrons. The van der Waals surface area contributed by atoms with Crippen LogP contribution in [0.15, 0.2) is 18.3 Å². The molecule has 0 spiro atoms. The van der Waals surface area contributed by atoms with Crippen LogP contribution >= 0.6 is 7.92 Å². The maximum Gasteiger partial charge on any atom is 0.0475 e. The van der Waals surface area contributed by atoms with Crippen molar-refractivity contribution in [1.29, 1.82) is 0 Å². The van der Waals surface area contributed by atoms with Gasteiger partial charge in [-0.25, -0.2) is 0 Å². The number of pyridine rings is 1. The Morgan fingerprint density at radius 1 is 1.20 bits per heavy atom. The van der Waals surface area contributed by atoms with Crippen LogP contribution in [0.2, 0.25) is 0 Å². The molecule has 1 nitrogen and oxygen atoms in total. The minimum absolute atomic E-state index is 0.0664. The second-order valence-corrected chi connectivity index (χ2v) is 8.04. The largest absolute Gasteiger partial charge is 0.261 e. The van der Waals surface area contributed by atoms with Gasteiger partial charge >= 0.3 is 0 Å². The summed E-state index contributed by atoms with van der Waals surface area (Å²) < 4.78 is 0. The Bertz CT molecular complexity index is 299. The highest BCUT2D eigenvalue weighted by molar-refractivity contribution is 7.58. The lowest BCUT2D eigenvalue weighted by Crippen LogP contribution is -2.07. The van der Waals surface area contributed by atoms with Gasteiger partial charge in [0.1, 0.15) is 0 Å². The second-order valence-electron chi connectivity index (χ2n) is 4.63. The lowest BCUT2D eigenvalue weighted by molar-refractivity contribution is 0.982. The van der Waals surface area contributed by atoms with Gasteiger partial charge in [-0.3, -0.25) is 4.98 Å². The average Bonchev–Trinajstić information content (AvgIpc) is 2.15. The highest BCUT2D eigenvalue weighted by Crippen LogP contribution is 2.48. The van der Waals surface area contributed by atoms with E-state index in [0.29, 0.717) is 0 Å². The van der Waals surface area contributed by atoms with Crippen molar-refractivity contribution in [2.24, 2.45) is 0 Å². The van der Waals surface area contributed by atoms with Crippen molar-refractivity contribution in [3.8, 4) is 0 Å². The summed E-state index contributed by atoms with van der Waals surface area (Å²) in [5.41, 5.74) is 4.22. The predicted octanol–water partition coefficient (Wildman–Crippen LogP) is 4.19. The molecule has 1 aromatic heterocycles. The summed E-state index contributed by atoms with van der Waals surface area (Å²) in [5.74, 6) is 0. The average molecular weight is 223 g/mol. The van der Waals surface area contributed by atoms with Crippen LogP contribution in [0.4, 0.5) is 0 Å². The molecule has 0 aliphatic carbocycles. The molecule has 0 amide bonds. The molecule has 0 N–H and O–H groups in total. The highest BCUT2D eigenvalue weighted by atomic mass is 31.1. The lowest BCUT2D eigenvalue weighted by Gasteiger charge is -2.25. The third-order valence-electron chi connectivity index (χ3n) is 2.78. The summed E-state index contributed by atoms with van der Waals surface area (Å²) >= 11 is 0. The van der Waals surface area contributed by atoms with Crippen molar-refractivity contribution in [3.63, 3.8) is 0 Å². The Hall–Kier alpha value is -0.420. The van der Waals surface area contributed by atoms with Gasteiger partial charge in [-0.2, -0.15) is 0 Å². The van der Waals surface area contributed by atoms with Crippen molar-refractivity contribution in [2.45, 2.75) is 52.1 Å². The highest BCUT2D eigenvalue weighted by Gasteiger charge is 2.18. The number of aryl methyl sites for hydroxylation is 1. The van der Waals surface area contributed by atoms with E-state index >= 15 is 0 Å². The van der Waals surface area contributed by atoms with Crippen LogP contribution in [0.3, 0.4) is 0 Å². The zero-order valence-corrected chi connectivity index (χ0v) is 11.4. The molecular formula is C13H22NP. The zero-order chi connectivity index (χ0) is 11.4. The number of hydrogen-bond acceptors (Lipinski definition) is 1. The summed E-state index contributed by atoms with van der Waals surface area (Å²) in [6.07, 6.45) is 3.09. The normalized spacial score (nSPS) is 11.7. The van der Waals surface area contributed by atoms with E-state index in [2.05, 4.69) is 45.7 Å². The molecule has 0 fully saturated rings. The lowest BCUT2D eigenvalue weighted by atomic mass is 10.2. The standard InChI is InChI=1S/C13H22NP/c1-10(2)15(11(3)4)9-13-12(5)7-6-8-14-13/h6-8,10-11H,9H2,1-5H3. The van der Waals surface area contributed by atoms with E-state index in [4.69, 9.17) is 0 Å². The van der Waals surface area contributed by atoms with Gasteiger partial charge in [0.15, 0.2) is 0 Å². The Morgan fingerprint density at radius 3 is 2.27 bits per heavy atom. The zero-order valence-electron chi connectivity index (χ0n) is 10.5. The first-order valence-corrected chi connectivity index (χ1v) is 7.35. The molecular weight excluding hydrogens is 201 g/mol. The maximum atomic E-state index is 4.50. The molecule has 0 radical (unpaired) electrons. The van der Waals surface area contributed by atoms with Crippen LogP contribution in [-0.2, 0) is 6.16 Å². The number of aromatic nitrogens is 1. The van der Waals surface area contributed by atoms with Crippen LogP contribution in [0.5, 0.6) is 0 Å². The predicted molar refractivity (Wildman–Crippen MR) is 69.9 cm³/mol. The van der Waals surface area contributed by atoms with Gasteiger partial charge in [0, 0.05) is 18.1 Å². The third kappa shape index (κ3) is 3.57. The van der Waals surface area contributed by atoms with E-state index in [1.807, 2.05) is 12.3 Å². The van der Waals surface area contributed by atoms with Crippen molar-refractivity contribution >= 4 is 7.92 Å². The summed E-state index contributed by atoms with van der Waals surface area (Å²) in [4.78, 5) is 4.50. The molecule has 1 rings (SSSR count). The van der Waals surface area contributed by atoms with Gasteiger partial charge < -0.3 is 0 Å². The van der Waals surface area contributed by atoms with Gasteiger partial charge in [-0.05, 0) is 29.9 Å². The minimum atomic E-state index is 0.0664. The van der Waals surface area contributed by atoms with Crippen molar-refractivity contribution in [3.05, 3.63) is 29.6 Å². The maximum absolute atomic E-state index is 4.50. The molecule has 2 heteroatoms. The van der Waals surface area contributed by atoms with Crippen LogP contribution < -0.4 is 0 Å². The van der Waals surface area contributed by atoms with Gasteiger partial charge in [-0.1, -0.05) is 41.7 Å². The molecule has 15 heavy (non-hydrogen) atoms. The molecule has 0 saturated heterocycles. The molecule has 0 aromatic carbocycles. The third-order valence-corrected chi connectivity index (χ3v) is 6.09. The molecule has 1 heterocycles. The quantitative estimate of drug-likeness (QED) is 0.697. The van der Waals surface area contributed by atoms with Crippen LogP contribution in [0, 0.1) is 6.92 Å². The molecule has 0 saturated carbocycles. The van der Waals surface area contributed by atoms with Gasteiger partial charge in [0.2, 0.25) is 0 Å². The van der Waals surface area contributed by atoms with Crippen molar-refractivity contribution < 1.29 is 0 Å².